The smallest absolute Gasteiger partial charge is 0.328 e. The molecule has 4 heterocycles. The van der Waals surface area contributed by atoms with E-state index in [2.05, 4.69) is 83.0 Å². The van der Waals surface area contributed by atoms with Gasteiger partial charge >= 0.3 is 5.97 Å². The Labute approximate surface area is 227 Å². The van der Waals surface area contributed by atoms with Crippen molar-refractivity contribution in [3.8, 4) is 17.0 Å². The summed E-state index contributed by atoms with van der Waals surface area (Å²) in [4.78, 5) is 23.9. The molecule has 0 spiro atoms. The number of piperidine rings is 1. The number of nitrogens with one attached hydrogen (secondary N) is 1. The van der Waals surface area contributed by atoms with Gasteiger partial charge in [-0.3, -0.25) is 4.90 Å². The molecule has 0 saturated carbocycles. The minimum atomic E-state index is -1.51. The minimum Gasteiger partial charge on any atom is -0.545 e. The van der Waals surface area contributed by atoms with Gasteiger partial charge in [-0.05, 0) is 64.1 Å². The van der Waals surface area contributed by atoms with Gasteiger partial charge in [0.25, 0.3) is 0 Å². The van der Waals surface area contributed by atoms with E-state index < -0.39 is 11.9 Å². The van der Waals surface area contributed by atoms with Gasteiger partial charge < -0.3 is 24.6 Å². The molecule has 0 aliphatic carbocycles. The number of carbonyl (C=O) groups excluding carboxylic acids is 1. The number of benzene rings is 2. The van der Waals surface area contributed by atoms with Gasteiger partial charge in [0.15, 0.2) is 6.54 Å². The number of para-hydroxylation sites is 1. The Hall–Kier alpha value is -4.11. The van der Waals surface area contributed by atoms with Gasteiger partial charge in [0.05, 0.1) is 30.0 Å². The first-order valence-electron chi connectivity index (χ1n) is 13.3. The summed E-state index contributed by atoms with van der Waals surface area (Å²) in [5.74, 6) is -1.83. The van der Waals surface area contributed by atoms with Gasteiger partial charge in [-0.25, -0.2) is 4.79 Å². The van der Waals surface area contributed by atoms with Gasteiger partial charge in [0.2, 0.25) is 5.52 Å². The Morgan fingerprint density at radius 1 is 1.18 bits per heavy atom. The SMILES string of the molecule is CN1c2ccccc2-c2[nH][n+](CCN3CCCCC3)c3cc4c(c1c23)C=CC(C)(C)O4.O=C([O-])/C=C/C(=O)O. The molecule has 1 saturated heterocycles. The molecule has 9 heteroatoms. The number of hydrogen-bond donors (Lipinski definition) is 2. The number of H-pyrrole nitrogens is 1. The van der Waals surface area contributed by atoms with Crippen LogP contribution in [0.2, 0.25) is 0 Å². The monoisotopic (exact) mass is 530 g/mol. The lowest BCUT2D eigenvalue weighted by Crippen LogP contribution is -2.43. The van der Waals surface area contributed by atoms with E-state index in [1.807, 2.05) is 0 Å². The van der Waals surface area contributed by atoms with E-state index in [1.54, 1.807) is 0 Å². The lowest BCUT2D eigenvalue weighted by atomic mass is 9.93. The third kappa shape index (κ3) is 5.40. The van der Waals surface area contributed by atoms with Crippen LogP contribution in [-0.2, 0) is 16.1 Å². The summed E-state index contributed by atoms with van der Waals surface area (Å²) in [5.41, 5.74) is 7.06. The number of anilines is 2. The van der Waals surface area contributed by atoms with E-state index in [4.69, 9.17) is 9.84 Å². The van der Waals surface area contributed by atoms with E-state index in [-0.39, 0.29) is 5.60 Å². The van der Waals surface area contributed by atoms with Crippen molar-refractivity contribution >= 4 is 40.3 Å². The largest absolute Gasteiger partial charge is 0.545 e. The number of carboxylic acid groups (broad SMARTS) is 2. The normalized spacial score (nSPS) is 17.3. The Kier molecular flexibility index (Phi) is 7.18. The van der Waals surface area contributed by atoms with Crippen molar-refractivity contribution in [3.63, 3.8) is 0 Å². The molecule has 204 valence electrons. The highest BCUT2D eigenvalue weighted by Gasteiger charge is 2.35. The zero-order valence-electron chi connectivity index (χ0n) is 22.6. The van der Waals surface area contributed by atoms with Crippen LogP contribution in [0.15, 0.2) is 48.6 Å². The average Bonchev–Trinajstić information content (AvgIpc) is 3.27. The summed E-state index contributed by atoms with van der Waals surface area (Å²) in [6.45, 7) is 8.72. The zero-order valence-corrected chi connectivity index (χ0v) is 22.6. The number of rotatable bonds is 5. The third-order valence-corrected chi connectivity index (χ3v) is 7.41. The molecule has 3 aliphatic rings. The first-order valence-corrected chi connectivity index (χ1v) is 13.3. The number of fused-ring (bicyclic) bond motifs is 4. The van der Waals surface area contributed by atoms with Crippen LogP contribution in [0.5, 0.6) is 5.75 Å². The molecule has 3 aliphatic heterocycles. The average molecular weight is 531 g/mol. The number of aliphatic carboxylic acids is 2. The van der Waals surface area contributed by atoms with Gasteiger partial charge in [0, 0.05) is 24.3 Å². The second-order valence-corrected chi connectivity index (χ2v) is 10.7. The number of carbonyl (C=O) groups is 2. The molecule has 2 N–H and O–H groups in total. The summed E-state index contributed by atoms with van der Waals surface area (Å²) >= 11 is 0. The van der Waals surface area contributed by atoms with Crippen LogP contribution in [0.3, 0.4) is 0 Å². The van der Waals surface area contributed by atoms with Crippen molar-refractivity contribution < 1.29 is 29.2 Å². The van der Waals surface area contributed by atoms with Crippen molar-refractivity contribution in [2.75, 3.05) is 31.6 Å². The van der Waals surface area contributed by atoms with Crippen molar-refractivity contribution in [2.24, 2.45) is 0 Å². The maximum absolute atomic E-state index is 9.53. The van der Waals surface area contributed by atoms with Crippen molar-refractivity contribution in [2.45, 2.75) is 45.3 Å². The highest BCUT2D eigenvalue weighted by atomic mass is 16.5. The van der Waals surface area contributed by atoms with Crippen molar-refractivity contribution in [1.29, 1.82) is 0 Å². The molecule has 9 nitrogen and oxygen atoms in total. The quantitative estimate of drug-likeness (QED) is 0.385. The number of ether oxygens (including phenoxy) is 1. The second-order valence-electron chi connectivity index (χ2n) is 10.7. The molecule has 2 aromatic carbocycles. The Morgan fingerprint density at radius 3 is 2.62 bits per heavy atom. The zero-order chi connectivity index (χ0) is 27.7. The maximum Gasteiger partial charge on any atom is 0.328 e. The molecular formula is C30H34N4O5. The van der Waals surface area contributed by atoms with E-state index >= 15 is 0 Å². The van der Waals surface area contributed by atoms with Crippen molar-refractivity contribution in [1.82, 2.24) is 10.00 Å². The van der Waals surface area contributed by atoms with E-state index in [0.717, 1.165) is 18.8 Å². The summed E-state index contributed by atoms with van der Waals surface area (Å²) < 4.78 is 8.78. The van der Waals surface area contributed by atoms with Gasteiger partial charge in [-0.15, -0.1) is 4.68 Å². The number of nitrogens with zero attached hydrogens (tertiary/aromatic N) is 3. The molecule has 0 unspecified atom stereocenters. The molecule has 1 aromatic heterocycles. The Morgan fingerprint density at radius 2 is 1.92 bits per heavy atom. The van der Waals surface area contributed by atoms with Crippen LogP contribution in [-0.4, -0.2) is 59.3 Å². The second kappa shape index (κ2) is 10.6. The highest BCUT2D eigenvalue weighted by Crippen LogP contribution is 2.51. The molecule has 39 heavy (non-hydrogen) atoms. The molecule has 1 fully saturated rings. The fourth-order valence-electron chi connectivity index (χ4n) is 5.59. The molecule has 0 atom stereocenters. The van der Waals surface area contributed by atoms with Crippen LogP contribution in [0, 0.1) is 0 Å². The lowest BCUT2D eigenvalue weighted by Gasteiger charge is -2.33. The highest BCUT2D eigenvalue weighted by molar-refractivity contribution is 6.12. The van der Waals surface area contributed by atoms with Crippen LogP contribution in [0.4, 0.5) is 11.4 Å². The molecule has 6 rings (SSSR count). The van der Waals surface area contributed by atoms with Gasteiger partial charge in [-0.2, -0.15) is 5.10 Å². The van der Waals surface area contributed by atoms with E-state index in [1.165, 1.54) is 71.5 Å². The number of aromatic nitrogens is 2. The first kappa shape index (κ1) is 26.5. The number of aromatic amines is 1. The van der Waals surface area contributed by atoms with Gasteiger partial charge in [0.1, 0.15) is 22.4 Å². The predicted molar refractivity (Wildman–Crippen MR) is 148 cm³/mol. The van der Waals surface area contributed by atoms with Crippen LogP contribution >= 0.6 is 0 Å². The summed E-state index contributed by atoms with van der Waals surface area (Å²) in [6.07, 6.45) is 9.38. The number of carboxylic acids is 2. The fourth-order valence-corrected chi connectivity index (χ4v) is 5.59. The van der Waals surface area contributed by atoms with Gasteiger partial charge in [-0.1, -0.05) is 24.6 Å². The lowest BCUT2D eigenvalue weighted by molar-refractivity contribution is -0.725. The van der Waals surface area contributed by atoms with E-state index in [9.17, 15) is 14.7 Å². The summed E-state index contributed by atoms with van der Waals surface area (Å²) in [5, 5.41) is 22.3. The van der Waals surface area contributed by atoms with Crippen molar-refractivity contribution in [3.05, 3.63) is 54.1 Å². The molecule has 0 radical (unpaired) electrons. The number of likely N-dealkylation sites (tertiary alicyclic amines) is 1. The Balaban J connectivity index is 0.000000339. The molecular weight excluding hydrogens is 496 g/mol. The minimum absolute atomic E-state index is 0.295. The van der Waals surface area contributed by atoms with Crippen LogP contribution < -0.4 is 19.4 Å². The maximum atomic E-state index is 9.53. The molecule has 3 aromatic rings. The number of hydrogen-bond acceptors (Lipinski definition) is 6. The molecule has 0 bridgehead atoms. The summed E-state index contributed by atoms with van der Waals surface area (Å²) in [7, 11) is 2.18. The molecule has 0 amide bonds. The van der Waals surface area contributed by atoms with Crippen LogP contribution in [0.25, 0.3) is 28.2 Å². The first-order chi connectivity index (χ1) is 18.6. The van der Waals surface area contributed by atoms with E-state index in [0.29, 0.717) is 12.2 Å². The Bertz CT molecular complexity index is 1460. The predicted octanol–water partition coefficient (Wildman–Crippen LogP) is 3.25. The third-order valence-electron chi connectivity index (χ3n) is 7.41. The topological polar surface area (TPSA) is 113 Å². The standard InChI is InChI=1S/C26H30N4O.C4H4O4/c1-26(2)12-11-19-22(31-26)17-21-23-24(18-9-5-6-10-20(18)28(3)25(19)23)27-30(21)16-15-29-13-7-4-8-14-29;5-3(6)1-2-4(7)8/h5-6,9-12,17H,4,7-8,13-16H2,1-3H3;1-2H,(H,5,6)(H,7,8)/b;2-1+. The van der Waals surface area contributed by atoms with Crippen LogP contribution in [0.1, 0.15) is 38.7 Å². The summed E-state index contributed by atoms with van der Waals surface area (Å²) in [6, 6.07) is 10.9. The fraction of sp³-hybridized carbons (Fsp3) is 0.367.